The molecule has 0 aliphatic rings. The third-order valence-corrected chi connectivity index (χ3v) is 2.82. The smallest absolute Gasteiger partial charge is 0.190 e. The molecule has 18 heavy (non-hydrogen) atoms. The largest absolute Gasteiger partial charge is 0.357 e. The number of guanidine groups is 1. The first-order valence-corrected chi connectivity index (χ1v) is 6.10. The van der Waals surface area contributed by atoms with E-state index in [-0.39, 0.29) is 29.4 Å². The summed E-state index contributed by atoms with van der Waals surface area (Å²) in [5.74, 6) is 0.858. The first kappa shape index (κ1) is 17.2. The van der Waals surface area contributed by atoms with Crippen molar-refractivity contribution in [1.29, 1.82) is 0 Å². The lowest BCUT2D eigenvalue weighted by Crippen LogP contribution is -2.43. The number of nitrogens with one attached hydrogen (secondary N) is 2. The number of benzene rings is 1. The van der Waals surface area contributed by atoms with Gasteiger partial charge >= 0.3 is 0 Å². The summed E-state index contributed by atoms with van der Waals surface area (Å²) in [6, 6.07) is 10.5. The molecule has 0 fully saturated rings. The second-order valence-corrected chi connectivity index (χ2v) is 4.71. The first-order valence-electron chi connectivity index (χ1n) is 6.10. The molecule has 0 saturated carbocycles. The topological polar surface area (TPSA) is 36.4 Å². The Balaban J connectivity index is 0.00000289. The monoisotopic (exact) mass is 361 g/mol. The van der Waals surface area contributed by atoms with E-state index in [0.717, 1.165) is 19.0 Å². The number of hydrogen-bond donors (Lipinski definition) is 2. The van der Waals surface area contributed by atoms with E-state index in [1.165, 1.54) is 5.56 Å². The molecule has 1 aromatic rings. The number of aliphatic imine (C=N–C) groups is 1. The zero-order valence-corrected chi connectivity index (χ0v) is 14.0. The van der Waals surface area contributed by atoms with Crippen LogP contribution < -0.4 is 10.6 Å². The van der Waals surface area contributed by atoms with Crippen molar-refractivity contribution in [3.63, 3.8) is 0 Å². The van der Waals surface area contributed by atoms with Crippen molar-refractivity contribution in [2.45, 2.75) is 26.2 Å². The molecule has 0 spiro atoms. The van der Waals surface area contributed by atoms with E-state index in [2.05, 4.69) is 60.7 Å². The van der Waals surface area contributed by atoms with Crippen LogP contribution in [0.25, 0.3) is 0 Å². The fourth-order valence-corrected chi connectivity index (χ4v) is 1.68. The average Bonchev–Trinajstić information content (AvgIpc) is 2.35. The lowest BCUT2D eigenvalue weighted by Gasteiger charge is -2.26. The maximum Gasteiger partial charge on any atom is 0.190 e. The van der Waals surface area contributed by atoms with E-state index >= 15 is 0 Å². The number of nitrogens with zero attached hydrogens (tertiary/aromatic N) is 1. The first-order chi connectivity index (χ1) is 8.10. The van der Waals surface area contributed by atoms with E-state index < -0.39 is 0 Å². The minimum Gasteiger partial charge on any atom is -0.357 e. The molecule has 0 aliphatic heterocycles. The Morgan fingerprint density at radius 3 is 2.28 bits per heavy atom. The predicted molar refractivity (Wildman–Crippen MR) is 89.9 cm³/mol. The van der Waals surface area contributed by atoms with Gasteiger partial charge in [-0.1, -0.05) is 44.2 Å². The Bertz CT molecular complexity index is 361. The van der Waals surface area contributed by atoms with Crippen LogP contribution in [0.2, 0.25) is 0 Å². The van der Waals surface area contributed by atoms with Gasteiger partial charge in [-0.25, -0.2) is 0 Å². The number of rotatable bonds is 4. The highest BCUT2D eigenvalue weighted by Gasteiger charge is 2.20. The molecular weight excluding hydrogens is 337 g/mol. The summed E-state index contributed by atoms with van der Waals surface area (Å²) >= 11 is 0. The van der Waals surface area contributed by atoms with Crippen LogP contribution >= 0.6 is 24.0 Å². The molecule has 1 rings (SSSR count). The number of hydrogen-bond acceptors (Lipinski definition) is 1. The minimum atomic E-state index is 0. The molecule has 0 radical (unpaired) electrons. The summed E-state index contributed by atoms with van der Waals surface area (Å²) in [5, 5.41) is 6.54. The van der Waals surface area contributed by atoms with Gasteiger partial charge in [0.15, 0.2) is 5.96 Å². The third kappa shape index (κ3) is 5.25. The van der Waals surface area contributed by atoms with Gasteiger partial charge in [0.05, 0.1) is 0 Å². The van der Waals surface area contributed by atoms with Gasteiger partial charge in [0.1, 0.15) is 0 Å². The molecule has 0 amide bonds. The molecule has 102 valence electrons. The Labute approximate surface area is 127 Å². The molecular formula is C14H24IN3. The summed E-state index contributed by atoms with van der Waals surface area (Å²) in [5.41, 5.74) is 1.42. The zero-order chi connectivity index (χ0) is 12.7. The quantitative estimate of drug-likeness (QED) is 0.492. The van der Waals surface area contributed by atoms with Gasteiger partial charge in [-0.05, 0) is 12.5 Å². The summed E-state index contributed by atoms with van der Waals surface area (Å²) in [6.45, 7) is 8.26. The summed E-state index contributed by atoms with van der Waals surface area (Å²) in [6.07, 6.45) is 0. The molecule has 0 saturated heterocycles. The summed E-state index contributed by atoms with van der Waals surface area (Å²) in [4.78, 5) is 4.17. The average molecular weight is 361 g/mol. The molecule has 0 aliphatic carbocycles. The highest BCUT2D eigenvalue weighted by molar-refractivity contribution is 14.0. The highest BCUT2D eigenvalue weighted by atomic mass is 127. The summed E-state index contributed by atoms with van der Waals surface area (Å²) < 4.78 is 0. The van der Waals surface area contributed by atoms with Gasteiger partial charge in [-0.3, -0.25) is 4.99 Å². The zero-order valence-electron chi connectivity index (χ0n) is 11.7. The van der Waals surface area contributed by atoms with E-state index in [0.29, 0.717) is 0 Å². The third-order valence-electron chi connectivity index (χ3n) is 2.82. The van der Waals surface area contributed by atoms with Crippen molar-refractivity contribution < 1.29 is 0 Å². The Kier molecular flexibility index (Phi) is 7.98. The van der Waals surface area contributed by atoms with Crippen LogP contribution in [0.15, 0.2) is 35.3 Å². The van der Waals surface area contributed by atoms with Crippen LogP contribution in [-0.4, -0.2) is 26.1 Å². The van der Waals surface area contributed by atoms with Crippen LogP contribution in [0.3, 0.4) is 0 Å². The minimum absolute atomic E-state index is 0. The fraction of sp³-hybridized carbons (Fsp3) is 0.500. The van der Waals surface area contributed by atoms with Crippen molar-refractivity contribution in [3.05, 3.63) is 35.9 Å². The second kappa shape index (κ2) is 8.34. The highest BCUT2D eigenvalue weighted by Crippen LogP contribution is 2.21. The fourth-order valence-electron chi connectivity index (χ4n) is 1.68. The van der Waals surface area contributed by atoms with Crippen LogP contribution in [0.1, 0.15) is 26.3 Å². The van der Waals surface area contributed by atoms with Crippen LogP contribution in [0.4, 0.5) is 0 Å². The maximum absolute atomic E-state index is 4.17. The van der Waals surface area contributed by atoms with Gasteiger partial charge in [-0.2, -0.15) is 0 Å². The summed E-state index contributed by atoms with van der Waals surface area (Å²) in [7, 11) is 1.79. The molecule has 1 aromatic carbocycles. The van der Waals surface area contributed by atoms with Crippen molar-refractivity contribution in [1.82, 2.24) is 10.6 Å². The molecule has 0 atom stereocenters. The standard InChI is InChI=1S/C14H23N3.HI/c1-5-16-13(15-4)17-11-14(2,3)12-9-7-6-8-10-12;/h6-10H,5,11H2,1-4H3,(H2,15,16,17);1H. The lowest BCUT2D eigenvalue weighted by atomic mass is 9.85. The van der Waals surface area contributed by atoms with Crippen LogP contribution in [0, 0.1) is 0 Å². The Morgan fingerprint density at radius 2 is 1.78 bits per heavy atom. The predicted octanol–water partition coefficient (Wildman–Crippen LogP) is 2.77. The van der Waals surface area contributed by atoms with Crippen LogP contribution in [-0.2, 0) is 5.41 Å². The van der Waals surface area contributed by atoms with E-state index in [1.807, 2.05) is 6.07 Å². The van der Waals surface area contributed by atoms with E-state index in [1.54, 1.807) is 7.05 Å². The normalized spacial score (nSPS) is 11.7. The van der Waals surface area contributed by atoms with Crippen LogP contribution in [0.5, 0.6) is 0 Å². The molecule has 0 unspecified atom stereocenters. The Hall–Kier alpha value is -0.780. The van der Waals surface area contributed by atoms with Gasteiger partial charge in [-0.15, -0.1) is 24.0 Å². The number of halogens is 1. The van der Waals surface area contributed by atoms with E-state index in [9.17, 15) is 0 Å². The maximum atomic E-state index is 4.17. The molecule has 4 heteroatoms. The SMILES string of the molecule is CCNC(=NC)NCC(C)(C)c1ccccc1.I. The van der Waals surface area contributed by atoms with Gasteiger partial charge in [0, 0.05) is 25.6 Å². The van der Waals surface area contributed by atoms with Gasteiger partial charge in [0.2, 0.25) is 0 Å². The lowest BCUT2D eigenvalue weighted by molar-refractivity contribution is 0.509. The molecule has 2 N–H and O–H groups in total. The molecule has 0 heterocycles. The van der Waals surface area contributed by atoms with Crippen molar-refractivity contribution in [3.8, 4) is 0 Å². The molecule has 0 bridgehead atoms. The van der Waals surface area contributed by atoms with Gasteiger partial charge in [0.25, 0.3) is 0 Å². The van der Waals surface area contributed by atoms with Crippen molar-refractivity contribution in [2.24, 2.45) is 4.99 Å². The molecule has 0 aromatic heterocycles. The van der Waals surface area contributed by atoms with Crippen molar-refractivity contribution in [2.75, 3.05) is 20.1 Å². The Morgan fingerprint density at radius 1 is 1.17 bits per heavy atom. The van der Waals surface area contributed by atoms with E-state index in [4.69, 9.17) is 0 Å². The second-order valence-electron chi connectivity index (χ2n) is 4.71. The van der Waals surface area contributed by atoms with Gasteiger partial charge < -0.3 is 10.6 Å². The molecule has 3 nitrogen and oxygen atoms in total. The van der Waals surface area contributed by atoms with Crippen molar-refractivity contribution >= 4 is 29.9 Å².